The zero-order chi connectivity index (χ0) is 11.8. The van der Waals surface area contributed by atoms with Crippen molar-refractivity contribution in [3.8, 4) is 0 Å². The van der Waals surface area contributed by atoms with Crippen LogP contribution in [0.3, 0.4) is 0 Å². The van der Waals surface area contributed by atoms with Crippen molar-refractivity contribution in [1.29, 1.82) is 0 Å². The van der Waals surface area contributed by atoms with E-state index in [9.17, 15) is 13.2 Å². The second-order valence-electron chi connectivity index (χ2n) is 4.73. The number of rotatable bonds is 2. The molecule has 5 nitrogen and oxygen atoms in total. The summed E-state index contributed by atoms with van der Waals surface area (Å²) in [5, 5.41) is 8.96. The van der Waals surface area contributed by atoms with Crippen LogP contribution in [0.25, 0.3) is 0 Å². The van der Waals surface area contributed by atoms with E-state index in [0.29, 0.717) is 19.4 Å². The van der Waals surface area contributed by atoms with Crippen molar-refractivity contribution in [3.63, 3.8) is 0 Å². The minimum absolute atomic E-state index is 0.0483. The summed E-state index contributed by atoms with van der Waals surface area (Å²) in [6.45, 7) is 1.35. The Morgan fingerprint density at radius 3 is 2.62 bits per heavy atom. The van der Waals surface area contributed by atoms with E-state index in [1.807, 2.05) is 4.90 Å². The summed E-state index contributed by atoms with van der Waals surface area (Å²) >= 11 is 0. The summed E-state index contributed by atoms with van der Waals surface area (Å²) < 4.78 is 22.7. The monoisotopic (exact) mass is 247 g/mol. The predicted octanol–water partition coefficient (Wildman–Crippen LogP) is -0.0299. The van der Waals surface area contributed by atoms with E-state index >= 15 is 0 Å². The maximum Gasteiger partial charge on any atom is 0.307 e. The molecular weight excluding hydrogens is 230 g/mol. The van der Waals surface area contributed by atoms with Gasteiger partial charge in [-0.1, -0.05) is 0 Å². The van der Waals surface area contributed by atoms with Gasteiger partial charge in [0.05, 0.1) is 17.4 Å². The maximum atomic E-state index is 11.4. The molecule has 0 spiro atoms. The van der Waals surface area contributed by atoms with Gasteiger partial charge in [-0.2, -0.15) is 0 Å². The van der Waals surface area contributed by atoms with E-state index in [2.05, 4.69) is 0 Å². The van der Waals surface area contributed by atoms with Crippen LogP contribution in [0.15, 0.2) is 0 Å². The Morgan fingerprint density at radius 1 is 1.31 bits per heavy atom. The fourth-order valence-corrected chi connectivity index (χ4v) is 4.36. The van der Waals surface area contributed by atoms with Crippen LogP contribution >= 0.6 is 0 Å². The largest absolute Gasteiger partial charge is 0.481 e. The van der Waals surface area contributed by atoms with Crippen molar-refractivity contribution >= 4 is 15.8 Å². The SMILES string of the molecule is O=C(O)C1CCCN(C2CCS(=O)(=O)C2)C1. The van der Waals surface area contributed by atoms with Gasteiger partial charge < -0.3 is 5.11 Å². The van der Waals surface area contributed by atoms with Crippen LogP contribution in [0.1, 0.15) is 19.3 Å². The number of aliphatic carboxylic acids is 1. The van der Waals surface area contributed by atoms with Crippen molar-refractivity contribution in [3.05, 3.63) is 0 Å². The smallest absolute Gasteiger partial charge is 0.307 e. The van der Waals surface area contributed by atoms with E-state index < -0.39 is 15.8 Å². The van der Waals surface area contributed by atoms with E-state index in [0.717, 1.165) is 13.0 Å². The Kier molecular flexibility index (Phi) is 3.21. The number of carboxylic acid groups (broad SMARTS) is 1. The van der Waals surface area contributed by atoms with Crippen LogP contribution in [0.5, 0.6) is 0 Å². The van der Waals surface area contributed by atoms with E-state index in [4.69, 9.17) is 5.11 Å². The second kappa shape index (κ2) is 4.33. The average molecular weight is 247 g/mol. The molecule has 2 saturated heterocycles. The summed E-state index contributed by atoms with van der Waals surface area (Å²) in [5.74, 6) is -0.617. The number of carbonyl (C=O) groups is 1. The van der Waals surface area contributed by atoms with Crippen LogP contribution in [-0.2, 0) is 14.6 Å². The van der Waals surface area contributed by atoms with Gasteiger partial charge in [-0.05, 0) is 25.8 Å². The summed E-state index contributed by atoms with van der Waals surface area (Å²) in [4.78, 5) is 12.9. The lowest BCUT2D eigenvalue weighted by Gasteiger charge is -2.34. The number of carboxylic acids is 1. The Labute approximate surface area is 95.4 Å². The molecule has 2 aliphatic heterocycles. The molecule has 0 saturated carbocycles. The lowest BCUT2D eigenvalue weighted by Crippen LogP contribution is -2.45. The number of sulfone groups is 1. The first-order chi connectivity index (χ1) is 7.48. The van der Waals surface area contributed by atoms with Gasteiger partial charge in [-0.3, -0.25) is 9.69 Å². The molecule has 0 aliphatic carbocycles. The first-order valence-electron chi connectivity index (χ1n) is 5.65. The van der Waals surface area contributed by atoms with Gasteiger partial charge in [0.1, 0.15) is 0 Å². The first kappa shape index (κ1) is 11.9. The molecule has 6 heteroatoms. The Hall–Kier alpha value is -0.620. The average Bonchev–Trinajstić information content (AvgIpc) is 2.59. The zero-order valence-corrected chi connectivity index (χ0v) is 9.95. The van der Waals surface area contributed by atoms with Gasteiger partial charge in [0.15, 0.2) is 9.84 Å². The summed E-state index contributed by atoms with van der Waals surface area (Å²) in [5.41, 5.74) is 0. The number of hydrogen-bond acceptors (Lipinski definition) is 4. The molecule has 2 aliphatic rings. The van der Waals surface area contributed by atoms with Crippen molar-refractivity contribution in [2.24, 2.45) is 5.92 Å². The molecule has 2 unspecified atom stereocenters. The molecule has 16 heavy (non-hydrogen) atoms. The fraction of sp³-hybridized carbons (Fsp3) is 0.900. The van der Waals surface area contributed by atoms with Crippen LogP contribution in [0.4, 0.5) is 0 Å². The maximum absolute atomic E-state index is 11.4. The standard InChI is InChI=1S/C10H17NO4S/c12-10(13)8-2-1-4-11(6-8)9-3-5-16(14,15)7-9/h8-9H,1-7H2,(H,12,13). The molecule has 0 amide bonds. The van der Waals surface area contributed by atoms with Gasteiger partial charge >= 0.3 is 5.97 Å². The molecule has 2 atom stereocenters. The molecule has 0 bridgehead atoms. The molecule has 2 heterocycles. The van der Waals surface area contributed by atoms with Crippen LogP contribution in [-0.4, -0.2) is 55.0 Å². The molecule has 92 valence electrons. The van der Waals surface area contributed by atoms with Crippen LogP contribution < -0.4 is 0 Å². The van der Waals surface area contributed by atoms with Crippen LogP contribution in [0.2, 0.25) is 0 Å². The molecule has 2 fully saturated rings. The van der Waals surface area contributed by atoms with Gasteiger partial charge in [-0.15, -0.1) is 0 Å². The number of piperidine rings is 1. The van der Waals surface area contributed by atoms with Crippen molar-refractivity contribution < 1.29 is 18.3 Å². The van der Waals surface area contributed by atoms with Gasteiger partial charge in [0.25, 0.3) is 0 Å². The molecule has 0 radical (unpaired) electrons. The summed E-state index contributed by atoms with van der Waals surface area (Å²) in [6.07, 6.45) is 2.23. The number of likely N-dealkylation sites (tertiary alicyclic amines) is 1. The normalized spacial score (nSPS) is 35.0. The van der Waals surface area contributed by atoms with Crippen molar-refractivity contribution in [1.82, 2.24) is 4.90 Å². The highest BCUT2D eigenvalue weighted by molar-refractivity contribution is 7.91. The highest BCUT2D eigenvalue weighted by atomic mass is 32.2. The third-order valence-electron chi connectivity index (χ3n) is 3.53. The molecular formula is C10H17NO4S. The Balaban J connectivity index is 1.98. The third-order valence-corrected chi connectivity index (χ3v) is 5.28. The van der Waals surface area contributed by atoms with Gasteiger partial charge in [0.2, 0.25) is 0 Å². The van der Waals surface area contributed by atoms with Crippen molar-refractivity contribution in [2.45, 2.75) is 25.3 Å². The zero-order valence-electron chi connectivity index (χ0n) is 9.13. The van der Waals surface area contributed by atoms with Crippen molar-refractivity contribution in [2.75, 3.05) is 24.6 Å². The predicted molar refractivity (Wildman–Crippen MR) is 59.0 cm³/mol. The van der Waals surface area contributed by atoms with E-state index in [-0.39, 0.29) is 23.5 Å². The topological polar surface area (TPSA) is 74.7 Å². The first-order valence-corrected chi connectivity index (χ1v) is 7.47. The summed E-state index contributed by atoms with van der Waals surface area (Å²) in [7, 11) is -2.87. The van der Waals surface area contributed by atoms with Gasteiger partial charge in [0, 0.05) is 12.6 Å². The molecule has 0 aromatic rings. The molecule has 2 rings (SSSR count). The Morgan fingerprint density at radius 2 is 2.06 bits per heavy atom. The molecule has 0 aromatic heterocycles. The Bertz CT molecular complexity index is 378. The molecule has 1 N–H and O–H groups in total. The lowest BCUT2D eigenvalue weighted by molar-refractivity contribution is -0.143. The quantitative estimate of drug-likeness (QED) is 0.741. The third kappa shape index (κ3) is 2.55. The number of nitrogens with zero attached hydrogens (tertiary/aromatic N) is 1. The van der Waals surface area contributed by atoms with Crippen LogP contribution in [0, 0.1) is 5.92 Å². The van der Waals surface area contributed by atoms with E-state index in [1.54, 1.807) is 0 Å². The minimum Gasteiger partial charge on any atom is -0.481 e. The van der Waals surface area contributed by atoms with Gasteiger partial charge in [-0.25, -0.2) is 8.42 Å². The minimum atomic E-state index is -2.87. The highest BCUT2D eigenvalue weighted by Crippen LogP contribution is 2.24. The second-order valence-corrected chi connectivity index (χ2v) is 6.96. The van der Waals surface area contributed by atoms with E-state index in [1.165, 1.54) is 0 Å². The fourth-order valence-electron chi connectivity index (χ4n) is 2.60. The molecule has 0 aromatic carbocycles. The highest BCUT2D eigenvalue weighted by Gasteiger charge is 2.35. The summed E-state index contributed by atoms with van der Waals surface area (Å²) in [6, 6.07) is 0.0483. The lowest BCUT2D eigenvalue weighted by atomic mass is 9.97. The number of hydrogen-bond donors (Lipinski definition) is 1.